The van der Waals surface area contributed by atoms with Gasteiger partial charge in [-0.15, -0.1) is 0 Å². The maximum absolute atomic E-state index is 15.8. The molecule has 0 bridgehead atoms. The Bertz CT molecular complexity index is 1640. The van der Waals surface area contributed by atoms with Gasteiger partial charge in [0.05, 0.1) is 11.6 Å². The number of benzene rings is 1. The van der Waals surface area contributed by atoms with E-state index in [9.17, 15) is 14.4 Å². The van der Waals surface area contributed by atoms with Gasteiger partial charge in [0.25, 0.3) is 5.91 Å². The molecule has 1 aromatic carbocycles. The molecule has 0 radical (unpaired) electrons. The zero-order valence-electron chi connectivity index (χ0n) is 28.5. The molecule has 2 aromatic rings. The van der Waals surface area contributed by atoms with Crippen LogP contribution < -0.4 is 14.4 Å². The SMILES string of the molecule is CN1CCN(c2nc(-c3c(F)cccc3OC(=O)OC(C)(C)C)c(Cl)c3c2C(=O)N2CCN(C(=O)OC(C)(C)C)C[C@@H]2CO3)CC12CC2. The summed E-state index contributed by atoms with van der Waals surface area (Å²) >= 11 is 7.03. The van der Waals surface area contributed by atoms with Gasteiger partial charge in [-0.05, 0) is 73.6 Å². The lowest BCUT2D eigenvalue weighted by Crippen LogP contribution is -2.58. The van der Waals surface area contributed by atoms with Gasteiger partial charge in [-0.3, -0.25) is 9.69 Å². The number of hydrogen-bond acceptors (Lipinski definition) is 10. The molecule has 1 aromatic heterocycles. The predicted molar refractivity (Wildman–Crippen MR) is 176 cm³/mol. The first-order valence-electron chi connectivity index (χ1n) is 16.3. The van der Waals surface area contributed by atoms with Crippen molar-refractivity contribution >= 4 is 35.6 Å². The normalized spacial score (nSPS) is 20.8. The van der Waals surface area contributed by atoms with Crippen molar-refractivity contribution in [3.05, 3.63) is 34.6 Å². The topological polar surface area (TPSA) is 114 Å². The highest BCUT2D eigenvalue weighted by molar-refractivity contribution is 6.35. The van der Waals surface area contributed by atoms with Gasteiger partial charge in [0.1, 0.15) is 51.5 Å². The number of aromatic nitrogens is 1. The van der Waals surface area contributed by atoms with Crippen molar-refractivity contribution < 1.29 is 37.7 Å². The summed E-state index contributed by atoms with van der Waals surface area (Å²) in [6.45, 7) is 13.1. The number of pyridine rings is 1. The third-order valence-electron chi connectivity index (χ3n) is 9.03. The van der Waals surface area contributed by atoms with Crippen LogP contribution in [0.3, 0.4) is 0 Å². The number of hydrogen-bond donors (Lipinski definition) is 0. The molecule has 3 aliphatic heterocycles. The second-order valence-electron chi connectivity index (χ2n) is 14.9. The number of halogens is 2. The summed E-state index contributed by atoms with van der Waals surface area (Å²) in [5, 5.41) is -0.0969. The smallest absolute Gasteiger partial charge is 0.489 e. The monoisotopic (exact) mass is 687 g/mol. The molecule has 0 N–H and O–H groups in total. The van der Waals surface area contributed by atoms with E-state index < -0.39 is 35.3 Å². The fraction of sp³-hybridized carbons (Fsp3) is 0.588. The van der Waals surface area contributed by atoms with Crippen molar-refractivity contribution in [3.63, 3.8) is 0 Å². The Balaban J connectivity index is 1.43. The van der Waals surface area contributed by atoms with Crippen molar-refractivity contribution in [1.29, 1.82) is 0 Å². The largest absolute Gasteiger partial charge is 0.514 e. The lowest BCUT2D eigenvalue weighted by atomic mass is 10.0. The maximum atomic E-state index is 15.8. The zero-order valence-corrected chi connectivity index (χ0v) is 29.3. The molecule has 1 aliphatic carbocycles. The Morgan fingerprint density at radius 1 is 1.02 bits per heavy atom. The number of fused-ring (bicyclic) bond motifs is 2. The van der Waals surface area contributed by atoms with Gasteiger partial charge in [0.15, 0.2) is 5.75 Å². The standard InChI is InChI=1S/C34H43ClFN5O7/c1-32(2,3)47-30(43)39-15-16-41-20(17-39)18-45-27-24(29(41)42)28(40-14-13-38(7)34(19-40)11-12-34)37-26(25(27)35)23-21(36)9-8-10-22(23)46-31(44)48-33(4,5)6/h8-10,20H,11-19H2,1-7H3/t20-/m1/s1. The Morgan fingerprint density at radius 3 is 2.40 bits per heavy atom. The molecule has 48 heavy (non-hydrogen) atoms. The number of amides is 2. The molecule has 4 aliphatic rings. The zero-order chi connectivity index (χ0) is 34.8. The summed E-state index contributed by atoms with van der Waals surface area (Å²) in [6.07, 6.45) is 0.516. The fourth-order valence-corrected chi connectivity index (χ4v) is 6.73. The summed E-state index contributed by atoms with van der Waals surface area (Å²) in [4.78, 5) is 52.7. The van der Waals surface area contributed by atoms with Gasteiger partial charge in [-0.25, -0.2) is 19.0 Å². The Kier molecular flexibility index (Phi) is 8.68. The number of nitrogens with zero attached hydrogens (tertiary/aromatic N) is 5. The number of carbonyl (C=O) groups is 3. The van der Waals surface area contributed by atoms with Gasteiger partial charge in [-0.2, -0.15) is 0 Å². The Morgan fingerprint density at radius 2 is 1.73 bits per heavy atom. The molecule has 1 spiro atoms. The van der Waals surface area contributed by atoms with Crippen LogP contribution in [-0.2, 0) is 9.47 Å². The Labute approximate surface area is 285 Å². The number of ether oxygens (including phenoxy) is 4. The van der Waals surface area contributed by atoms with Gasteiger partial charge in [0.2, 0.25) is 0 Å². The number of likely N-dealkylation sites (N-methyl/N-ethyl adjacent to an activating group) is 1. The first kappa shape index (κ1) is 34.0. The van der Waals surface area contributed by atoms with Crippen LogP contribution in [0.4, 0.5) is 19.8 Å². The van der Waals surface area contributed by atoms with E-state index in [1.165, 1.54) is 18.2 Å². The van der Waals surface area contributed by atoms with E-state index in [2.05, 4.69) is 11.9 Å². The third kappa shape index (κ3) is 6.71. The highest BCUT2D eigenvalue weighted by Crippen LogP contribution is 2.49. The highest BCUT2D eigenvalue weighted by atomic mass is 35.5. The average Bonchev–Trinajstić information content (AvgIpc) is 3.77. The predicted octanol–water partition coefficient (Wildman–Crippen LogP) is 5.59. The van der Waals surface area contributed by atoms with Crippen LogP contribution >= 0.6 is 11.6 Å². The number of carbonyl (C=O) groups excluding carboxylic acids is 3. The minimum Gasteiger partial charge on any atom is -0.489 e. The van der Waals surface area contributed by atoms with Crippen molar-refractivity contribution in [3.8, 4) is 22.8 Å². The van der Waals surface area contributed by atoms with E-state index in [-0.39, 0.29) is 71.0 Å². The molecule has 4 heterocycles. The van der Waals surface area contributed by atoms with Crippen LogP contribution in [0.1, 0.15) is 64.7 Å². The quantitative estimate of drug-likeness (QED) is 0.299. The lowest BCUT2D eigenvalue weighted by Gasteiger charge is -2.42. The van der Waals surface area contributed by atoms with Crippen LogP contribution in [0.2, 0.25) is 5.02 Å². The summed E-state index contributed by atoms with van der Waals surface area (Å²) in [5.41, 5.74) is -1.59. The molecular formula is C34H43ClFN5O7. The maximum Gasteiger partial charge on any atom is 0.514 e. The molecule has 1 atom stereocenters. The first-order valence-corrected chi connectivity index (χ1v) is 16.7. The van der Waals surface area contributed by atoms with E-state index in [0.717, 1.165) is 19.4 Å². The van der Waals surface area contributed by atoms with Crippen LogP contribution in [0.15, 0.2) is 18.2 Å². The lowest BCUT2D eigenvalue weighted by molar-refractivity contribution is 0.000934. The van der Waals surface area contributed by atoms with Gasteiger partial charge in [-0.1, -0.05) is 17.7 Å². The van der Waals surface area contributed by atoms with Crippen LogP contribution in [-0.4, -0.2) is 114 Å². The molecular weight excluding hydrogens is 645 g/mol. The molecule has 260 valence electrons. The van der Waals surface area contributed by atoms with Gasteiger partial charge >= 0.3 is 12.2 Å². The molecule has 6 rings (SSSR count). The summed E-state index contributed by atoms with van der Waals surface area (Å²) in [7, 11) is 2.09. The highest BCUT2D eigenvalue weighted by Gasteiger charge is 2.51. The minimum absolute atomic E-state index is 0.0197. The average molecular weight is 688 g/mol. The van der Waals surface area contributed by atoms with E-state index in [4.69, 9.17) is 35.5 Å². The Hall–Kier alpha value is -3.84. The molecule has 2 saturated heterocycles. The van der Waals surface area contributed by atoms with Gasteiger partial charge < -0.3 is 33.6 Å². The summed E-state index contributed by atoms with van der Waals surface area (Å²) in [5.74, 6) is -0.842. The molecule has 1 saturated carbocycles. The summed E-state index contributed by atoms with van der Waals surface area (Å²) < 4.78 is 38.6. The second-order valence-corrected chi connectivity index (χ2v) is 15.3. The molecule has 12 nitrogen and oxygen atoms in total. The van der Waals surface area contributed by atoms with Crippen LogP contribution in [0, 0.1) is 5.82 Å². The second kappa shape index (κ2) is 12.2. The third-order valence-corrected chi connectivity index (χ3v) is 9.38. The minimum atomic E-state index is -1.02. The molecule has 3 fully saturated rings. The molecule has 14 heteroatoms. The van der Waals surface area contributed by atoms with Crippen LogP contribution in [0.25, 0.3) is 11.3 Å². The molecule has 2 amide bonds. The van der Waals surface area contributed by atoms with E-state index in [0.29, 0.717) is 18.9 Å². The van der Waals surface area contributed by atoms with Gasteiger partial charge in [0, 0.05) is 44.8 Å². The van der Waals surface area contributed by atoms with E-state index in [1.54, 1.807) is 51.3 Å². The number of anilines is 1. The van der Waals surface area contributed by atoms with E-state index in [1.807, 2.05) is 4.90 Å². The van der Waals surface area contributed by atoms with Crippen LogP contribution in [0.5, 0.6) is 11.5 Å². The number of rotatable bonds is 3. The van der Waals surface area contributed by atoms with Crippen molar-refractivity contribution in [2.45, 2.75) is 77.2 Å². The van der Waals surface area contributed by atoms with Crippen molar-refractivity contribution in [1.82, 2.24) is 19.7 Å². The molecule has 0 unspecified atom stereocenters. The number of piperazine rings is 2. The van der Waals surface area contributed by atoms with E-state index >= 15 is 4.39 Å². The fourth-order valence-electron chi connectivity index (χ4n) is 6.44. The summed E-state index contributed by atoms with van der Waals surface area (Å²) in [6, 6.07) is 3.55. The van der Waals surface area contributed by atoms with Crippen molar-refractivity contribution in [2.75, 3.05) is 57.8 Å². The van der Waals surface area contributed by atoms with Crippen molar-refractivity contribution in [2.24, 2.45) is 0 Å². The first-order chi connectivity index (χ1) is 22.5.